The second-order valence-electron chi connectivity index (χ2n) is 4.57. The van der Waals surface area contributed by atoms with Crippen molar-refractivity contribution >= 4 is 37.5 Å². The van der Waals surface area contributed by atoms with Gasteiger partial charge in [-0.25, -0.2) is 4.68 Å². The Kier molecular flexibility index (Phi) is 4.41. The standard InChI is InChI=1S/C16H13Br2N3/c17-14-3-1-4-15(18)16(14)19-11-12-5-7-13(8-6-12)21-10-2-9-20-21/h1-10,19H,11H2. The van der Waals surface area contributed by atoms with Gasteiger partial charge in [-0.1, -0.05) is 18.2 Å². The highest BCUT2D eigenvalue weighted by Gasteiger charge is 2.04. The van der Waals surface area contributed by atoms with Crippen LogP contribution in [-0.4, -0.2) is 9.78 Å². The van der Waals surface area contributed by atoms with Crippen LogP contribution in [0.2, 0.25) is 0 Å². The topological polar surface area (TPSA) is 29.9 Å². The van der Waals surface area contributed by atoms with Crippen LogP contribution in [0.4, 0.5) is 5.69 Å². The number of benzene rings is 2. The third-order valence-corrected chi connectivity index (χ3v) is 4.46. The van der Waals surface area contributed by atoms with E-state index in [2.05, 4.69) is 66.5 Å². The summed E-state index contributed by atoms with van der Waals surface area (Å²) in [5, 5.41) is 7.66. The Bertz CT molecular complexity index is 702. The molecule has 0 aliphatic rings. The molecule has 0 aliphatic heterocycles. The van der Waals surface area contributed by atoms with Gasteiger partial charge >= 0.3 is 0 Å². The predicted octanol–water partition coefficient (Wildman–Crippen LogP) is 5.01. The first-order valence-electron chi connectivity index (χ1n) is 6.51. The molecule has 1 aromatic heterocycles. The van der Waals surface area contributed by atoms with Crippen molar-refractivity contribution in [1.82, 2.24) is 9.78 Å². The molecule has 0 unspecified atom stereocenters. The maximum atomic E-state index is 4.22. The fraction of sp³-hybridized carbons (Fsp3) is 0.0625. The zero-order valence-electron chi connectivity index (χ0n) is 11.1. The molecule has 0 bridgehead atoms. The zero-order chi connectivity index (χ0) is 14.7. The average molecular weight is 407 g/mol. The fourth-order valence-electron chi connectivity index (χ4n) is 2.05. The lowest BCUT2D eigenvalue weighted by Crippen LogP contribution is -2.01. The maximum absolute atomic E-state index is 4.22. The molecular formula is C16H13Br2N3. The van der Waals surface area contributed by atoms with Crippen LogP contribution in [0, 0.1) is 0 Å². The highest BCUT2D eigenvalue weighted by atomic mass is 79.9. The number of hydrogen-bond acceptors (Lipinski definition) is 2. The van der Waals surface area contributed by atoms with Crippen LogP contribution in [0.15, 0.2) is 69.9 Å². The molecule has 2 aromatic carbocycles. The van der Waals surface area contributed by atoms with Crippen LogP contribution in [0.25, 0.3) is 5.69 Å². The number of nitrogens with one attached hydrogen (secondary N) is 1. The molecule has 0 atom stereocenters. The minimum atomic E-state index is 0.764. The molecule has 21 heavy (non-hydrogen) atoms. The van der Waals surface area contributed by atoms with E-state index < -0.39 is 0 Å². The van der Waals surface area contributed by atoms with Gasteiger partial charge in [-0.3, -0.25) is 0 Å². The Morgan fingerprint density at radius 1 is 0.952 bits per heavy atom. The molecule has 0 saturated carbocycles. The molecule has 1 heterocycles. The lowest BCUT2D eigenvalue weighted by atomic mass is 10.2. The van der Waals surface area contributed by atoms with Crippen molar-refractivity contribution in [1.29, 1.82) is 0 Å². The first kappa shape index (κ1) is 14.4. The van der Waals surface area contributed by atoms with Crippen LogP contribution >= 0.6 is 31.9 Å². The van der Waals surface area contributed by atoms with Gasteiger partial charge < -0.3 is 5.32 Å². The maximum Gasteiger partial charge on any atom is 0.0645 e. The number of hydrogen-bond donors (Lipinski definition) is 1. The van der Waals surface area contributed by atoms with E-state index in [0.29, 0.717) is 0 Å². The van der Waals surface area contributed by atoms with Crippen LogP contribution in [-0.2, 0) is 6.54 Å². The first-order chi connectivity index (χ1) is 10.2. The van der Waals surface area contributed by atoms with E-state index in [1.807, 2.05) is 35.1 Å². The van der Waals surface area contributed by atoms with Crippen molar-refractivity contribution in [3.05, 3.63) is 75.4 Å². The van der Waals surface area contributed by atoms with E-state index >= 15 is 0 Å². The van der Waals surface area contributed by atoms with Gasteiger partial charge in [0.2, 0.25) is 0 Å². The van der Waals surface area contributed by atoms with Gasteiger partial charge in [-0.15, -0.1) is 0 Å². The minimum absolute atomic E-state index is 0.764. The summed E-state index contributed by atoms with van der Waals surface area (Å²) in [5.74, 6) is 0. The normalized spacial score (nSPS) is 10.6. The number of halogens is 2. The van der Waals surface area contributed by atoms with Gasteiger partial charge in [0.05, 0.1) is 11.4 Å². The fourth-order valence-corrected chi connectivity index (χ4v) is 3.32. The summed E-state index contributed by atoms with van der Waals surface area (Å²) in [5.41, 5.74) is 3.34. The van der Waals surface area contributed by atoms with Crippen molar-refractivity contribution in [2.45, 2.75) is 6.54 Å². The Labute approximate surface area is 140 Å². The first-order valence-corrected chi connectivity index (χ1v) is 8.09. The molecule has 0 fully saturated rings. The van der Waals surface area contributed by atoms with Crippen LogP contribution < -0.4 is 5.32 Å². The summed E-state index contributed by atoms with van der Waals surface area (Å²) in [7, 11) is 0. The van der Waals surface area contributed by atoms with Crippen LogP contribution in [0.5, 0.6) is 0 Å². The summed E-state index contributed by atoms with van der Waals surface area (Å²) in [6.07, 6.45) is 3.71. The number of anilines is 1. The lowest BCUT2D eigenvalue weighted by molar-refractivity contribution is 0.879. The lowest BCUT2D eigenvalue weighted by Gasteiger charge is -2.11. The van der Waals surface area contributed by atoms with Crippen molar-refractivity contribution < 1.29 is 0 Å². The second kappa shape index (κ2) is 6.45. The van der Waals surface area contributed by atoms with E-state index in [-0.39, 0.29) is 0 Å². The number of para-hydroxylation sites is 1. The molecule has 3 aromatic rings. The second-order valence-corrected chi connectivity index (χ2v) is 6.28. The third kappa shape index (κ3) is 3.36. The predicted molar refractivity (Wildman–Crippen MR) is 92.7 cm³/mol. The van der Waals surface area contributed by atoms with Gasteiger partial charge in [0.1, 0.15) is 0 Å². The molecule has 5 heteroatoms. The molecule has 0 amide bonds. The number of rotatable bonds is 4. The largest absolute Gasteiger partial charge is 0.379 e. The minimum Gasteiger partial charge on any atom is -0.379 e. The van der Waals surface area contributed by atoms with Crippen molar-refractivity contribution in [2.75, 3.05) is 5.32 Å². The molecular weight excluding hydrogens is 394 g/mol. The Morgan fingerprint density at radius 2 is 1.67 bits per heavy atom. The quantitative estimate of drug-likeness (QED) is 0.659. The van der Waals surface area contributed by atoms with Gasteiger partial charge in [-0.05, 0) is 67.8 Å². The summed E-state index contributed by atoms with van der Waals surface area (Å²) in [6, 6.07) is 16.3. The molecule has 3 rings (SSSR count). The molecule has 0 saturated heterocycles. The SMILES string of the molecule is Brc1cccc(Br)c1NCc1ccc(-n2cccn2)cc1. The van der Waals surface area contributed by atoms with Gasteiger partial charge in [-0.2, -0.15) is 5.10 Å². The van der Waals surface area contributed by atoms with Gasteiger partial charge in [0.25, 0.3) is 0 Å². The van der Waals surface area contributed by atoms with E-state index in [9.17, 15) is 0 Å². The van der Waals surface area contributed by atoms with Crippen LogP contribution in [0.3, 0.4) is 0 Å². The van der Waals surface area contributed by atoms with Crippen molar-refractivity contribution in [2.24, 2.45) is 0 Å². The average Bonchev–Trinajstić information content (AvgIpc) is 3.02. The third-order valence-electron chi connectivity index (χ3n) is 3.14. The molecule has 1 N–H and O–H groups in total. The zero-order valence-corrected chi connectivity index (χ0v) is 14.3. The number of nitrogens with zero attached hydrogens (tertiary/aromatic N) is 2. The molecule has 3 nitrogen and oxygen atoms in total. The summed E-state index contributed by atoms with van der Waals surface area (Å²) in [4.78, 5) is 0. The highest BCUT2D eigenvalue weighted by molar-refractivity contribution is 9.11. The number of aromatic nitrogens is 2. The van der Waals surface area contributed by atoms with E-state index in [4.69, 9.17) is 0 Å². The van der Waals surface area contributed by atoms with E-state index in [1.165, 1.54) is 5.56 Å². The van der Waals surface area contributed by atoms with Crippen molar-refractivity contribution in [3.8, 4) is 5.69 Å². The summed E-state index contributed by atoms with van der Waals surface area (Å²) >= 11 is 7.11. The molecule has 0 radical (unpaired) electrons. The Hall–Kier alpha value is -1.59. The van der Waals surface area contributed by atoms with E-state index in [1.54, 1.807) is 6.20 Å². The van der Waals surface area contributed by atoms with Crippen molar-refractivity contribution in [3.63, 3.8) is 0 Å². The summed E-state index contributed by atoms with van der Waals surface area (Å²) in [6.45, 7) is 0.764. The monoisotopic (exact) mass is 405 g/mol. The van der Waals surface area contributed by atoms with Gasteiger partial charge in [0, 0.05) is 27.9 Å². The highest BCUT2D eigenvalue weighted by Crippen LogP contribution is 2.30. The Morgan fingerprint density at radius 3 is 2.29 bits per heavy atom. The molecule has 0 spiro atoms. The van der Waals surface area contributed by atoms with Crippen LogP contribution in [0.1, 0.15) is 5.56 Å². The Balaban J connectivity index is 1.71. The smallest absolute Gasteiger partial charge is 0.0645 e. The molecule has 106 valence electrons. The summed E-state index contributed by atoms with van der Waals surface area (Å²) < 4.78 is 3.94. The van der Waals surface area contributed by atoms with E-state index in [0.717, 1.165) is 26.9 Å². The molecule has 0 aliphatic carbocycles. The van der Waals surface area contributed by atoms with Gasteiger partial charge in [0.15, 0.2) is 0 Å².